The first-order valence-electron chi connectivity index (χ1n) is 3.82. The van der Waals surface area contributed by atoms with Gasteiger partial charge < -0.3 is 10.4 Å². The second kappa shape index (κ2) is 5.57. The van der Waals surface area contributed by atoms with Gasteiger partial charge in [0.05, 0.1) is 5.56 Å². The highest BCUT2D eigenvalue weighted by Crippen LogP contribution is 2.13. The fourth-order valence-corrected chi connectivity index (χ4v) is 1.12. The summed E-state index contributed by atoms with van der Waals surface area (Å²) in [4.78, 5) is 10.7. The van der Waals surface area contributed by atoms with Gasteiger partial charge in [0.15, 0.2) is 0 Å². The van der Waals surface area contributed by atoms with E-state index in [1.54, 1.807) is 7.05 Å². The van der Waals surface area contributed by atoms with Crippen LogP contribution >= 0.6 is 12.4 Å². The van der Waals surface area contributed by atoms with E-state index >= 15 is 0 Å². The van der Waals surface area contributed by atoms with Crippen LogP contribution in [0.5, 0.6) is 0 Å². The Morgan fingerprint density at radius 1 is 1.57 bits per heavy atom. The number of carboxylic acids is 1. The Kier molecular flexibility index (Phi) is 5.12. The summed E-state index contributed by atoms with van der Waals surface area (Å²) in [6.07, 6.45) is 0. The third kappa shape index (κ3) is 2.68. The summed E-state index contributed by atoms with van der Waals surface area (Å²) in [5, 5.41) is 11.4. The topological polar surface area (TPSA) is 49.3 Å². The maximum atomic E-state index is 13.1. The third-order valence-electron chi connectivity index (χ3n) is 1.70. The predicted molar refractivity (Wildman–Crippen MR) is 53.4 cm³/mol. The zero-order valence-corrected chi connectivity index (χ0v) is 8.40. The van der Waals surface area contributed by atoms with Crippen molar-refractivity contribution in [2.75, 3.05) is 7.05 Å². The summed E-state index contributed by atoms with van der Waals surface area (Å²) in [6.45, 7) is 0.217. The second-order valence-electron chi connectivity index (χ2n) is 2.60. The molecule has 5 heteroatoms. The summed E-state index contributed by atoms with van der Waals surface area (Å²) < 4.78 is 13.1. The molecule has 0 fully saturated rings. The maximum Gasteiger partial charge on any atom is 0.336 e. The van der Waals surface area contributed by atoms with Crippen LogP contribution < -0.4 is 5.32 Å². The first-order valence-corrected chi connectivity index (χ1v) is 3.82. The third-order valence-corrected chi connectivity index (χ3v) is 1.70. The Hall–Kier alpha value is -1.13. The van der Waals surface area contributed by atoms with Crippen molar-refractivity contribution in [1.29, 1.82) is 0 Å². The average Bonchev–Trinajstić information content (AvgIpc) is 2.08. The van der Waals surface area contributed by atoms with Gasteiger partial charge in [-0.3, -0.25) is 0 Å². The van der Waals surface area contributed by atoms with Gasteiger partial charge in [0.25, 0.3) is 0 Å². The second-order valence-corrected chi connectivity index (χ2v) is 2.60. The SMILES string of the molecule is CNCc1c(F)cccc1C(=O)O.Cl. The van der Waals surface area contributed by atoms with Crippen molar-refractivity contribution in [3.63, 3.8) is 0 Å². The minimum absolute atomic E-state index is 0. The number of hydrogen-bond donors (Lipinski definition) is 2. The summed E-state index contributed by atoms with van der Waals surface area (Å²) in [7, 11) is 1.64. The van der Waals surface area contributed by atoms with Crippen molar-refractivity contribution in [3.8, 4) is 0 Å². The summed E-state index contributed by atoms with van der Waals surface area (Å²) in [6, 6.07) is 4.02. The fraction of sp³-hybridized carbons (Fsp3) is 0.222. The molecule has 0 bridgehead atoms. The Morgan fingerprint density at radius 3 is 2.71 bits per heavy atom. The van der Waals surface area contributed by atoms with E-state index < -0.39 is 11.8 Å². The molecular formula is C9H11ClFNO2. The lowest BCUT2D eigenvalue weighted by atomic mass is 10.1. The van der Waals surface area contributed by atoms with Crippen LogP contribution in [0.25, 0.3) is 0 Å². The number of aromatic carboxylic acids is 1. The lowest BCUT2D eigenvalue weighted by molar-refractivity contribution is 0.0695. The van der Waals surface area contributed by atoms with E-state index in [2.05, 4.69) is 5.32 Å². The van der Waals surface area contributed by atoms with E-state index in [1.807, 2.05) is 0 Å². The molecule has 3 nitrogen and oxygen atoms in total. The number of carbonyl (C=O) groups is 1. The highest BCUT2D eigenvalue weighted by atomic mass is 35.5. The van der Waals surface area contributed by atoms with Crippen LogP contribution in [-0.2, 0) is 6.54 Å². The summed E-state index contributed by atoms with van der Waals surface area (Å²) in [5.74, 6) is -1.60. The van der Waals surface area contributed by atoms with Gasteiger partial charge in [-0.25, -0.2) is 9.18 Å². The zero-order valence-electron chi connectivity index (χ0n) is 7.58. The Bertz CT molecular complexity index is 331. The number of carboxylic acid groups (broad SMARTS) is 1. The number of benzene rings is 1. The standard InChI is InChI=1S/C9H10FNO2.ClH/c1-11-5-7-6(9(12)13)3-2-4-8(7)10;/h2-4,11H,5H2,1H3,(H,12,13);1H. The molecule has 0 aromatic heterocycles. The van der Waals surface area contributed by atoms with Gasteiger partial charge in [-0.05, 0) is 19.2 Å². The fourth-order valence-electron chi connectivity index (χ4n) is 1.12. The van der Waals surface area contributed by atoms with Gasteiger partial charge in [-0.15, -0.1) is 12.4 Å². The summed E-state index contributed by atoms with van der Waals surface area (Å²) >= 11 is 0. The number of rotatable bonds is 3. The van der Waals surface area contributed by atoms with Crippen LogP contribution in [0.4, 0.5) is 4.39 Å². The van der Waals surface area contributed by atoms with Crippen LogP contribution in [0.15, 0.2) is 18.2 Å². The lowest BCUT2D eigenvalue weighted by Crippen LogP contribution is -2.12. The van der Waals surface area contributed by atoms with Crippen LogP contribution in [0.2, 0.25) is 0 Å². The molecule has 0 amide bonds. The van der Waals surface area contributed by atoms with Crippen LogP contribution in [-0.4, -0.2) is 18.1 Å². The lowest BCUT2D eigenvalue weighted by Gasteiger charge is -2.05. The smallest absolute Gasteiger partial charge is 0.336 e. The van der Waals surface area contributed by atoms with Crippen molar-refractivity contribution in [2.45, 2.75) is 6.54 Å². The predicted octanol–water partition coefficient (Wildman–Crippen LogP) is 1.67. The van der Waals surface area contributed by atoms with Crippen molar-refractivity contribution >= 4 is 18.4 Å². The van der Waals surface area contributed by atoms with E-state index in [0.29, 0.717) is 0 Å². The molecular weight excluding hydrogens is 209 g/mol. The molecule has 2 N–H and O–H groups in total. The molecule has 0 atom stereocenters. The van der Waals surface area contributed by atoms with Gasteiger partial charge in [0.2, 0.25) is 0 Å². The Morgan fingerprint density at radius 2 is 2.21 bits per heavy atom. The van der Waals surface area contributed by atoms with Crippen molar-refractivity contribution < 1.29 is 14.3 Å². The molecule has 0 heterocycles. The van der Waals surface area contributed by atoms with Crippen LogP contribution in [0.3, 0.4) is 0 Å². The maximum absolute atomic E-state index is 13.1. The molecule has 0 aliphatic carbocycles. The van der Waals surface area contributed by atoms with Crippen LogP contribution in [0.1, 0.15) is 15.9 Å². The van der Waals surface area contributed by atoms with Crippen molar-refractivity contribution in [3.05, 3.63) is 35.1 Å². The first-order chi connectivity index (χ1) is 6.16. The van der Waals surface area contributed by atoms with E-state index in [9.17, 15) is 9.18 Å². The molecule has 14 heavy (non-hydrogen) atoms. The van der Waals surface area contributed by atoms with E-state index in [0.717, 1.165) is 0 Å². The molecule has 0 unspecified atom stereocenters. The molecule has 0 saturated heterocycles. The van der Waals surface area contributed by atoms with Crippen LogP contribution in [0, 0.1) is 5.82 Å². The quantitative estimate of drug-likeness (QED) is 0.813. The van der Waals surface area contributed by atoms with Gasteiger partial charge in [0, 0.05) is 12.1 Å². The Labute approximate surface area is 87.4 Å². The van der Waals surface area contributed by atoms with E-state index in [1.165, 1.54) is 18.2 Å². The number of hydrogen-bond acceptors (Lipinski definition) is 2. The molecule has 0 aliphatic rings. The minimum atomic E-state index is -1.11. The number of nitrogens with one attached hydrogen (secondary N) is 1. The van der Waals surface area contributed by atoms with E-state index in [4.69, 9.17) is 5.11 Å². The van der Waals surface area contributed by atoms with Crippen molar-refractivity contribution in [1.82, 2.24) is 5.32 Å². The monoisotopic (exact) mass is 219 g/mol. The highest BCUT2D eigenvalue weighted by molar-refractivity contribution is 5.89. The van der Waals surface area contributed by atoms with Gasteiger partial charge >= 0.3 is 5.97 Å². The normalized spacial score (nSPS) is 9.29. The average molecular weight is 220 g/mol. The van der Waals surface area contributed by atoms with Gasteiger partial charge in [-0.1, -0.05) is 6.07 Å². The molecule has 0 saturated carbocycles. The molecule has 1 aromatic rings. The highest BCUT2D eigenvalue weighted by Gasteiger charge is 2.12. The largest absolute Gasteiger partial charge is 0.478 e. The number of halogens is 2. The molecule has 1 rings (SSSR count). The Balaban J connectivity index is 0.00000169. The van der Waals surface area contributed by atoms with Gasteiger partial charge in [0.1, 0.15) is 5.82 Å². The first kappa shape index (κ1) is 12.9. The molecule has 0 aliphatic heterocycles. The van der Waals surface area contributed by atoms with Crippen molar-refractivity contribution in [2.24, 2.45) is 0 Å². The zero-order chi connectivity index (χ0) is 9.84. The van der Waals surface area contributed by atoms with Gasteiger partial charge in [-0.2, -0.15) is 0 Å². The molecule has 78 valence electrons. The molecule has 0 radical (unpaired) electrons. The summed E-state index contributed by atoms with van der Waals surface area (Å²) in [5.41, 5.74) is 0.201. The molecule has 1 aromatic carbocycles. The molecule has 0 spiro atoms. The van der Waals surface area contributed by atoms with E-state index in [-0.39, 0.29) is 30.1 Å². The minimum Gasteiger partial charge on any atom is -0.478 e.